The summed E-state index contributed by atoms with van der Waals surface area (Å²) in [5.74, 6) is 1.24. The quantitative estimate of drug-likeness (QED) is 0.416. The van der Waals surface area contributed by atoms with Crippen LogP contribution in [0.2, 0.25) is 0 Å². The summed E-state index contributed by atoms with van der Waals surface area (Å²) in [4.78, 5) is 4.88. The van der Waals surface area contributed by atoms with Gasteiger partial charge in [0.2, 0.25) is 0 Å². The lowest BCUT2D eigenvalue weighted by Crippen LogP contribution is -2.41. The van der Waals surface area contributed by atoms with Gasteiger partial charge < -0.3 is 10.6 Å². The number of hydrogen-bond donors (Lipinski definition) is 2. The fraction of sp³-hybridized carbons (Fsp3) is 0.731. The van der Waals surface area contributed by atoms with Gasteiger partial charge in [-0.3, -0.25) is 4.99 Å². The topological polar surface area (TPSA) is 36.4 Å². The smallest absolute Gasteiger partial charge is 0.111 e. The van der Waals surface area contributed by atoms with Gasteiger partial charge in [0.05, 0.1) is 5.41 Å². The second-order valence-electron chi connectivity index (χ2n) is 8.69. The van der Waals surface area contributed by atoms with Gasteiger partial charge in [0.25, 0.3) is 0 Å². The molecule has 1 saturated carbocycles. The lowest BCUT2D eigenvalue weighted by atomic mass is 9.64. The molecule has 1 heterocycles. The SMILES string of the molecule is CCCCCC.CCCN=C1Nc2cc(CNCCC)c(CC)cc2C12CCC2. The van der Waals surface area contributed by atoms with Crippen LogP contribution in [0.1, 0.15) is 109 Å². The Bertz CT molecular complexity index is 640. The molecule has 29 heavy (non-hydrogen) atoms. The van der Waals surface area contributed by atoms with Crippen molar-refractivity contribution in [1.82, 2.24) is 5.32 Å². The highest BCUT2D eigenvalue weighted by Crippen LogP contribution is 2.52. The Morgan fingerprint density at radius 2 is 1.66 bits per heavy atom. The molecule has 0 amide bonds. The molecule has 3 rings (SSSR count). The molecule has 164 valence electrons. The molecule has 0 bridgehead atoms. The van der Waals surface area contributed by atoms with Gasteiger partial charge in [0.1, 0.15) is 5.84 Å². The Kier molecular flexibility index (Phi) is 10.2. The number of fused-ring (bicyclic) bond motifs is 2. The van der Waals surface area contributed by atoms with E-state index in [1.807, 2.05) is 0 Å². The van der Waals surface area contributed by atoms with E-state index in [9.17, 15) is 0 Å². The van der Waals surface area contributed by atoms with Crippen molar-refractivity contribution >= 4 is 11.5 Å². The fourth-order valence-electron chi connectivity index (χ4n) is 4.41. The third-order valence-electron chi connectivity index (χ3n) is 6.34. The van der Waals surface area contributed by atoms with Crippen molar-refractivity contribution in [2.45, 2.75) is 111 Å². The van der Waals surface area contributed by atoms with E-state index in [2.05, 4.69) is 57.4 Å². The molecule has 3 nitrogen and oxygen atoms in total. The Morgan fingerprint density at radius 3 is 2.17 bits per heavy atom. The standard InChI is InChI=1S/C20H31N3.C6H14/c1-4-10-21-14-16-13-18-17(12-15(16)6-3)20(8-7-9-20)19(23-18)22-11-5-2;1-3-5-6-4-2/h12-13,21H,4-11,14H2,1-3H3,(H,22,23);3-6H2,1-2H3. The van der Waals surface area contributed by atoms with Gasteiger partial charge in [0, 0.05) is 18.8 Å². The number of rotatable bonds is 10. The summed E-state index contributed by atoms with van der Waals surface area (Å²) in [6.07, 6.45) is 12.8. The number of nitrogens with zero attached hydrogens (tertiary/aromatic N) is 1. The highest BCUT2D eigenvalue weighted by atomic mass is 15.1. The van der Waals surface area contributed by atoms with E-state index in [4.69, 9.17) is 4.99 Å². The minimum Gasteiger partial charge on any atom is -0.343 e. The van der Waals surface area contributed by atoms with Crippen LogP contribution in [0, 0.1) is 0 Å². The first-order chi connectivity index (χ1) is 14.2. The molecular formula is C26H45N3. The van der Waals surface area contributed by atoms with Crippen molar-refractivity contribution in [2.24, 2.45) is 4.99 Å². The zero-order chi connectivity index (χ0) is 21.1. The number of unbranched alkanes of at least 4 members (excludes halogenated alkanes) is 3. The third-order valence-corrected chi connectivity index (χ3v) is 6.34. The fourth-order valence-corrected chi connectivity index (χ4v) is 4.41. The largest absolute Gasteiger partial charge is 0.343 e. The average molecular weight is 400 g/mol. The predicted octanol–water partition coefficient (Wildman–Crippen LogP) is 6.99. The van der Waals surface area contributed by atoms with Crippen LogP contribution in [0.4, 0.5) is 5.69 Å². The number of aryl methyl sites for hydroxylation is 1. The van der Waals surface area contributed by atoms with Crippen LogP contribution in [0.25, 0.3) is 0 Å². The summed E-state index contributed by atoms with van der Waals surface area (Å²) in [5, 5.41) is 7.22. The molecular weight excluding hydrogens is 354 g/mol. The average Bonchev–Trinajstić information content (AvgIpc) is 3.03. The van der Waals surface area contributed by atoms with Crippen LogP contribution in [0.3, 0.4) is 0 Å². The van der Waals surface area contributed by atoms with Crippen LogP contribution in [-0.2, 0) is 18.4 Å². The van der Waals surface area contributed by atoms with Crippen LogP contribution in [0.15, 0.2) is 17.1 Å². The Labute approximate surface area is 180 Å². The van der Waals surface area contributed by atoms with Crippen LogP contribution in [-0.4, -0.2) is 18.9 Å². The van der Waals surface area contributed by atoms with E-state index in [1.54, 1.807) is 0 Å². The summed E-state index contributed by atoms with van der Waals surface area (Å²) >= 11 is 0. The summed E-state index contributed by atoms with van der Waals surface area (Å²) < 4.78 is 0. The molecule has 1 aromatic rings. The monoisotopic (exact) mass is 399 g/mol. The summed E-state index contributed by atoms with van der Waals surface area (Å²) in [6.45, 7) is 14.1. The van der Waals surface area contributed by atoms with Crippen LogP contribution < -0.4 is 10.6 Å². The van der Waals surface area contributed by atoms with E-state index in [0.29, 0.717) is 0 Å². The zero-order valence-electron chi connectivity index (χ0n) is 19.8. The van der Waals surface area contributed by atoms with Gasteiger partial charge in [-0.05, 0) is 61.4 Å². The number of hydrogen-bond acceptors (Lipinski definition) is 2. The number of benzene rings is 1. The Hall–Kier alpha value is -1.35. The normalized spacial score (nSPS) is 17.5. The summed E-state index contributed by atoms with van der Waals surface area (Å²) in [7, 11) is 0. The molecule has 2 N–H and O–H groups in total. The molecule has 1 fully saturated rings. The van der Waals surface area contributed by atoms with Crippen molar-refractivity contribution in [3.8, 4) is 0 Å². The number of nitrogens with one attached hydrogen (secondary N) is 2. The molecule has 0 atom stereocenters. The predicted molar refractivity (Wildman–Crippen MR) is 129 cm³/mol. The molecule has 2 aliphatic rings. The first-order valence-electron chi connectivity index (χ1n) is 12.4. The molecule has 0 unspecified atom stereocenters. The van der Waals surface area contributed by atoms with Gasteiger partial charge in [-0.15, -0.1) is 0 Å². The van der Waals surface area contributed by atoms with E-state index in [0.717, 1.165) is 32.5 Å². The molecule has 0 aromatic heterocycles. The van der Waals surface area contributed by atoms with E-state index >= 15 is 0 Å². The van der Waals surface area contributed by atoms with Crippen molar-refractivity contribution in [1.29, 1.82) is 0 Å². The second-order valence-corrected chi connectivity index (χ2v) is 8.69. The lowest BCUT2D eigenvalue weighted by Gasteiger charge is -2.39. The number of amidine groups is 1. The first-order valence-corrected chi connectivity index (χ1v) is 12.4. The van der Waals surface area contributed by atoms with Crippen LogP contribution >= 0.6 is 0 Å². The maximum Gasteiger partial charge on any atom is 0.111 e. The Balaban J connectivity index is 0.000000438. The van der Waals surface area contributed by atoms with E-state index in [1.165, 1.54) is 79.6 Å². The second kappa shape index (κ2) is 12.4. The van der Waals surface area contributed by atoms with Crippen molar-refractivity contribution in [2.75, 3.05) is 18.4 Å². The summed E-state index contributed by atoms with van der Waals surface area (Å²) in [6, 6.07) is 4.85. The molecule has 1 aromatic carbocycles. The van der Waals surface area contributed by atoms with Gasteiger partial charge in [-0.2, -0.15) is 0 Å². The van der Waals surface area contributed by atoms with E-state index < -0.39 is 0 Å². The maximum absolute atomic E-state index is 4.88. The molecule has 1 aliphatic carbocycles. The minimum atomic E-state index is 0.212. The number of aliphatic imine (C=N–C) groups is 1. The maximum atomic E-state index is 4.88. The molecule has 0 radical (unpaired) electrons. The number of anilines is 1. The van der Waals surface area contributed by atoms with Gasteiger partial charge >= 0.3 is 0 Å². The van der Waals surface area contributed by atoms with Gasteiger partial charge in [-0.1, -0.05) is 72.8 Å². The molecule has 1 aliphatic heterocycles. The molecule has 3 heteroatoms. The minimum absolute atomic E-state index is 0.212. The van der Waals surface area contributed by atoms with E-state index in [-0.39, 0.29) is 5.41 Å². The van der Waals surface area contributed by atoms with Crippen molar-refractivity contribution in [3.63, 3.8) is 0 Å². The molecule has 1 spiro atoms. The summed E-state index contributed by atoms with van der Waals surface area (Å²) in [5.41, 5.74) is 5.97. The molecule has 0 saturated heterocycles. The Morgan fingerprint density at radius 1 is 0.931 bits per heavy atom. The van der Waals surface area contributed by atoms with Crippen molar-refractivity contribution in [3.05, 3.63) is 28.8 Å². The zero-order valence-corrected chi connectivity index (χ0v) is 19.8. The first kappa shape index (κ1) is 23.9. The lowest BCUT2D eigenvalue weighted by molar-refractivity contribution is 0.346. The highest BCUT2D eigenvalue weighted by molar-refractivity contribution is 6.10. The highest BCUT2D eigenvalue weighted by Gasteiger charge is 2.49. The van der Waals surface area contributed by atoms with Crippen LogP contribution in [0.5, 0.6) is 0 Å². The third kappa shape index (κ3) is 5.84. The van der Waals surface area contributed by atoms with Gasteiger partial charge in [0.15, 0.2) is 0 Å². The van der Waals surface area contributed by atoms with Gasteiger partial charge in [-0.25, -0.2) is 0 Å². The van der Waals surface area contributed by atoms with Crippen molar-refractivity contribution < 1.29 is 0 Å².